The summed E-state index contributed by atoms with van der Waals surface area (Å²) in [6.45, 7) is 0.162. The number of benzene rings is 2. The highest BCUT2D eigenvalue weighted by Gasteiger charge is 2.03. The molecule has 19 heavy (non-hydrogen) atoms. The van der Waals surface area contributed by atoms with Gasteiger partial charge in [0.15, 0.2) is 11.6 Å². The molecule has 0 radical (unpaired) electrons. The van der Waals surface area contributed by atoms with Crippen LogP contribution in [0.5, 0.6) is 5.75 Å². The molecule has 2 rings (SSSR count). The molecule has 0 saturated heterocycles. The maximum absolute atomic E-state index is 13.0. The van der Waals surface area contributed by atoms with Gasteiger partial charge in [-0.2, -0.15) is 5.26 Å². The second kappa shape index (κ2) is 5.96. The van der Waals surface area contributed by atoms with Crippen LogP contribution in [0.3, 0.4) is 0 Å². The fourth-order valence-corrected chi connectivity index (χ4v) is 1.59. The minimum atomic E-state index is -0.884. The van der Waals surface area contributed by atoms with Crippen molar-refractivity contribution in [2.45, 2.75) is 13.0 Å². The van der Waals surface area contributed by atoms with Crippen LogP contribution in [-0.4, -0.2) is 0 Å². The third kappa shape index (κ3) is 3.52. The van der Waals surface area contributed by atoms with Gasteiger partial charge < -0.3 is 4.74 Å². The molecule has 0 bridgehead atoms. The van der Waals surface area contributed by atoms with Crippen LogP contribution in [0.4, 0.5) is 8.78 Å². The SMILES string of the molecule is N#CCc1ccc(OCc2ccc(F)c(F)c2)cc1. The number of nitriles is 1. The van der Waals surface area contributed by atoms with Gasteiger partial charge in [0, 0.05) is 0 Å². The van der Waals surface area contributed by atoms with Crippen molar-refractivity contribution in [1.29, 1.82) is 5.26 Å². The Bertz CT molecular complexity index is 603. The Morgan fingerprint density at radius 3 is 2.26 bits per heavy atom. The first-order chi connectivity index (χ1) is 9.19. The van der Waals surface area contributed by atoms with Gasteiger partial charge in [-0.1, -0.05) is 18.2 Å². The van der Waals surface area contributed by atoms with Crippen LogP contribution in [0.1, 0.15) is 11.1 Å². The molecule has 0 saturated carbocycles. The van der Waals surface area contributed by atoms with E-state index in [0.717, 1.165) is 17.7 Å². The van der Waals surface area contributed by atoms with Crippen LogP contribution in [0.25, 0.3) is 0 Å². The summed E-state index contributed by atoms with van der Waals surface area (Å²) >= 11 is 0. The summed E-state index contributed by atoms with van der Waals surface area (Å²) in [7, 11) is 0. The molecule has 2 aromatic rings. The number of halogens is 2. The van der Waals surface area contributed by atoms with E-state index < -0.39 is 11.6 Å². The summed E-state index contributed by atoms with van der Waals surface area (Å²) in [5.41, 5.74) is 1.46. The van der Waals surface area contributed by atoms with Crippen LogP contribution >= 0.6 is 0 Å². The average molecular weight is 259 g/mol. The highest BCUT2D eigenvalue weighted by molar-refractivity contribution is 5.29. The number of ether oxygens (including phenoxy) is 1. The molecule has 96 valence electrons. The van der Waals surface area contributed by atoms with Crippen LogP contribution in [-0.2, 0) is 13.0 Å². The molecule has 0 aromatic heterocycles. The third-order valence-electron chi connectivity index (χ3n) is 2.60. The van der Waals surface area contributed by atoms with Crippen LogP contribution in [0, 0.1) is 23.0 Å². The largest absolute Gasteiger partial charge is 0.489 e. The van der Waals surface area contributed by atoms with E-state index in [2.05, 4.69) is 6.07 Å². The first-order valence-corrected chi connectivity index (χ1v) is 5.71. The van der Waals surface area contributed by atoms with E-state index in [-0.39, 0.29) is 6.61 Å². The van der Waals surface area contributed by atoms with E-state index in [1.807, 2.05) is 0 Å². The van der Waals surface area contributed by atoms with E-state index in [4.69, 9.17) is 10.00 Å². The molecule has 0 heterocycles. The third-order valence-corrected chi connectivity index (χ3v) is 2.60. The minimum absolute atomic E-state index is 0.162. The predicted molar refractivity (Wildman–Crippen MR) is 66.4 cm³/mol. The number of hydrogen-bond acceptors (Lipinski definition) is 2. The monoisotopic (exact) mass is 259 g/mol. The number of rotatable bonds is 4. The van der Waals surface area contributed by atoms with Gasteiger partial charge in [0.2, 0.25) is 0 Å². The Labute approximate surface area is 109 Å². The molecule has 0 amide bonds. The molecule has 0 fully saturated rings. The summed E-state index contributed by atoms with van der Waals surface area (Å²) in [6, 6.07) is 12.8. The summed E-state index contributed by atoms with van der Waals surface area (Å²) in [6.07, 6.45) is 0.351. The van der Waals surface area contributed by atoms with Crippen molar-refractivity contribution in [3.63, 3.8) is 0 Å². The normalized spacial score (nSPS) is 9.95. The van der Waals surface area contributed by atoms with Gasteiger partial charge >= 0.3 is 0 Å². The highest BCUT2D eigenvalue weighted by Crippen LogP contribution is 2.15. The van der Waals surface area contributed by atoms with Crippen molar-refractivity contribution in [3.05, 3.63) is 65.2 Å². The van der Waals surface area contributed by atoms with Gasteiger partial charge in [0.1, 0.15) is 12.4 Å². The van der Waals surface area contributed by atoms with Crippen LogP contribution in [0.15, 0.2) is 42.5 Å². The van der Waals surface area contributed by atoms with E-state index in [9.17, 15) is 8.78 Å². The molecule has 0 aliphatic carbocycles. The Morgan fingerprint density at radius 1 is 0.947 bits per heavy atom. The second-order valence-electron chi connectivity index (χ2n) is 4.02. The van der Waals surface area contributed by atoms with Crippen molar-refractivity contribution in [2.24, 2.45) is 0 Å². The summed E-state index contributed by atoms with van der Waals surface area (Å²) in [5, 5.41) is 8.54. The maximum Gasteiger partial charge on any atom is 0.159 e. The Balaban J connectivity index is 1.98. The molecule has 2 aromatic carbocycles. The van der Waals surface area contributed by atoms with Crippen LogP contribution in [0.2, 0.25) is 0 Å². The molecular weight excluding hydrogens is 248 g/mol. The summed E-state index contributed by atoms with van der Waals surface area (Å²) < 4.78 is 31.2. The van der Waals surface area contributed by atoms with Crippen LogP contribution < -0.4 is 4.74 Å². The van der Waals surface area contributed by atoms with Crippen molar-refractivity contribution in [2.75, 3.05) is 0 Å². The Morgan fingerprint density at radius 2 is 1.63 bits per heavy atom. The van der Waals surface area contributed by atoms with Gasteiger partial charge in [0.25, 0.3) is 0 Å². The quantitative estimate of drug-likeness (QED) is 0.840. The zero-order valence-corrected chi connectivity index (χ0v) is 10.1. The molecule has 0 aliphatic heterocycles. The molecule has 0 atom stereocenters. The van der Waals surface area contributed by atoms with Gasteiger partial charge in [0.05, 0.1) is 12.5 Å². The fraction of sp³-hybridized carbons (Fsp3) is 0.133. The summed E-state index contributed by atoms with van der Waals surface area (Å²) in [4.78, 5) is 0. The lowest BCUT2D eigenvalue weighted by atomic mass is 10.1. The second-order valence-corrected chi connectivity index (χ2v) is 4.02. The lowest BCUT2D eigenvalue weighted by Crippen LogP contribution is -1.97. The Kier molecular flexibility index (Phi) is 4.09. The molecule has 0 spiro atoms. The van der Waals surface area contributed by atoms with Crippen molar-refractivity contribution in [3.8, 4) is 11.8 Å². The Hall–Kier alpha value is -2.41. The van der Waals surface area contributed by atoms with Crippen molar-refractivity contribution in [1.82, 2.24) is 0 Å². The van der Waals surface area contributed by atoms with Crippen molar-refractivity contribution >= 4 is 0 Å². The molecule has 0 N–H and O–H groups in total. The van der Waals surface area contributed by atoms with Gasteiger partial charge in [-0.25, -0.2) is 8.78 Å². The molecule has 4 heteroatoms. The van der Waals surface area contributed by atoms with E-state index >= 15 is 0 Å². The number of hydrogen-bond donors (Lipinski definition) is 0. The van der Waals surface area contributed by atoms with Gasteiger partial charge in [-0.05, 0) is 35.4 Å². The maximum atomic E-state index is 13.0. The zero-order chi connectivity index (χ0) is 13.7. The van der Waals surface area contributed by atoms with E-state index in [1.165, 1.54) is 6.07 Å². The molecular formula is C15H11F2NO. The highest BCUT2D eigenvalue weighted by atomic mass is 19.2. The van der Waals surface area contributed by atoms with Gasteiger partial charge in [-0.3, -0.25) is 0 Å². The van der Waals surface area contributed by atoms with Gasteiger partial charge in [-0.15, -0.1) is 0 Å². The molecule has 0 aliphatic rings. The lowest BCUT2D eigenvalue weighted by molar-refractivity contribution is 0.305. The van der Waals surface area contributed by atoms with Crippen molar-refractivity contribution < 1.29 is 13.5 Å². The number of nitrogens with zero attached hydrogens (tertiary/aromatic N) is 1. The average Bonchev–Trinajstić information content (AvgIpc) is 2.42. The lowest BCUT2D eigenvalue weighted by Gasteiger charge is -2.07. The predicted octanol–water partition coefficient (Wildman–Crippen LogP) is 3.61. The molecule has 0 unspecified atom stereocenters. The first kappa shape index (κ1) is 13.0. The molecule has 2 nitrogen and oxygen atoms in total. The minimum Gasteiger partial charge on any atom is -0.489 e. The topological polar surface area (TPSA) is 33.0 Å². The standard InChI is InChI=1S/C15H11F2NO/c16-14-6-3-12(9-15(14)17)10-19-13-4-1-11(2-5-13)7-8-18/h1-6,9H,7,10H2. The summed E-state index contributed by atoms with van der Waals surface area (Å²) in [5.74, 6) is -1.14. The van der Waals surface area contributed by atoms with E-state index in [1.54, 1.807) is 24.3 Å². The van der Waals surface area contributed by atoms with E-state index in [0.29, 0.717) is 17.7 Å². The zero-order valence-electron chi connectivity index (χ0n) is 10.1. The first-order valence-electron chi connectivity index (χ1n) is 5.71. The smallest absolute Gasteiger partial charge is 0.159 e. The fourth-order valence-electron chi connectivity index (χ4n) is 1.59.